The molecule has 45 heavy (non-hydrogen) atoms. The Morgan fingerprint density at radius 3 is 2.27 bits per heavy atom. The van der Waals surface area contributed by atoms with Gasteiger partial charge in [0, 0.05) is 43.9 Å². The molecule has 1 aromatic heterocycles. The zero-order valence-electron chi connectivity index (χ0n) is 25.9. The van der Waals surface area contributed by atoms with Gasteiger partial charge in [-0.15, -0.1) is 0 Å². The van der Waals surface area contributed by atoms with E-state index in [0.717, 1.165) is 56.1 Å². The minimum absolute atomic E-state index is 0.180. The molecule has 0 unspecified atom stereocenters. The highest BCUT2D eigenvalue weighted by Gasteiger charge is 2.22. The van der Waals surface area contributed by atoms with E-state index in [0.29, 0.717) is 35.3 Å². The fourth-order valence-electron chi connectivity index (χ4n) is 5.22. The lowest BCUT2D eigenvalue weighted by atomic mass is 10.0. The molecule has 2 heterocycles. The first-order valence-electron chi connectivity index (χ1n) is 14.5. The monoisotopic (exact) mass is 637 g/mol. The smallest absolute Gasteiger partial charge is 0.261 e. The summed E-state index contributed by atoms with van der Waals surface area (Å²) >= 11 is 0. The van der Waals surface area contributed by atoms with E-state index in [4.69, 9.17) is 18.4 Å². The van der Waals surface area contributed by atoms with Gasteiger partial charge in [-0.25, -0.2) is 0 Å². The maximum atomic E-state index is 13.3. The molecule has 12 heteroatoms. The standard InChI is InChI=1S/C32H35N3O5.CH4O3S/c1-22-29(36)25-20-24(38-2)21-26(31(25)40-30(22)23-10-5-4-6-11-23)32(37)33-14-9-15-34-16-18-35(19-17-34)27-12-7-8-13-28(27)39-3;1-5(2,3)4/h4-8,10-13,20-21H,9,14-19H2,1-3H3,(H,33,37);1H3,(H,2,3,4). The van der Waals surface area contributed by atoms with Crippen LogP contribution in [0.25, 0.3) is 22.3 Å². The molecule has 0 atom stereocenters. The summed E-state index contributed by atoms with van der Waals surface area (Å²) in [4.78, 5) is 31.4. The van der Waals surface area contributed by atoms with Crippen molar-refractivity contribution < 1.29 is 31.7 Å². The average Bonchev–Trinajstić information content (AvgIpc) is 3.04. The Balaban J connectivity index is 0.000000854. The molecule has 0 spiro atoms. The van der Waals surface area contributed by atoms with Crippen LogP contribution in [0.2, 0.25) is 0 Å². The predicted molar refractivity (Wildman–Crippen MR) is 175 cm³/mol. The summed E-state index contributed by atoms with van der Waals surface area (Å²) < 4.78 is 43.0. The number of hydrogen-bond acceptors (Lipinski definition) is 9. The van der Waals surface area contributed by atoms with Gasteiger partial charge in [-0.3, -0.25) is 19.0 Å². The minimum atomic E-state index is -3.67. The van der Waals surface area contributed by atoms with Gasteiger partial charge in [0.05, 0.1) is 37.1 Å². The van der Waals surface area contributed by atoms with E-state index in [-0.39, 0.29) is 22.5 Å². The van der Waals surface area contributed by atoms with Gasteiger partial charge in [-0.2, -0.15) is 8.42 Å². The second-order valence-electron chi connectivity index (χ2n) is 10.6. The molecule has 1 fully saturated rings. The molecule has 3 aromatic carbocycles. The number of anilines is 1. The number of piperazine rings is 1. The van der Waals surface area contributed by atoms with E-state index < -0.39 is 10.1 Å². The number of nitrogens with one attached hydrogen (secondary N) is 1. The van der Waals surface area contributed by atoms with Gasteiger partial charge in [-0.1, -0.05) is 42.5 Å². The van der Waals surface area contributed by atoms with Crippen LogP contribution >= 0.6 is 0 Å². The summed E-state index contributed by atoms with van der Waals surface area (Å²) in [5.74, 6) is 1.50. The quantitative estimate of drug-likeness (QED) is 0.203. The second kappa shape index (κ2) is 15.1. The molecule has 0 saturated carbocycles. The summed E-state index contributed by atoms with van der Waals surface area (Å²) in [5.41, 5.74) is 2.77. The molecule has 1 amide bonds. The number of amides is 1. The molecule has 0 radical (unpaired) electrons. The molecule has 1 aliphatic rings. The zero-order valence-corrected chi connectivity index (χ0v) is 26.7. The molecule has 5 rings (SSSR count). The van der Waals surface area contributed by atoms with Crippen molar-refractivity contribution in [1.29, 1.82) is 0 Å². The number of rotatable bonds is 9. The molecule has 2 N–H and O–H groups in total. The summed E-state index contributed by atoms with van der Waals surface area (Å²) in [6, 6.07) is 20.8. The largest absolute Gasteiger partial charge is 0.497 e. The first kappa shape index (κ1) is 33.5. The van der Waals surface area contributed by atoms with Crippen LogP contribution in [-0.4, -0.2) is 83.5 Å². The SMILES string of the molecule is COc1cc(C(=O)NCCCN2CCN(c3ccccc3OC)CC2)c2oc(-c3ccccc3)c(C)c(=O)c2c1.CS(=O)(=O)O. The molecule has 1 aliphatic heterocycles. The fraction of sp³-hybridized carbons (Fsp3) is 0.333. The number of benzene rings is 3. The number of carbonyl (C=O) groups is 1. The van der Waals surface area contributed by atoms with Crippen molar-refractivity contribution in [3.8, 4) is 22.8 Å². The third-order valence-corrected chi connectivity index (χ3v) is 7.44. The number of fused-ring (bicyclic) bond motifs is 1. The molecular weight excluding hydrogens is 598 g/mol. The summed E-state index contributed by atoms with van der Waals surface area (Å²) in [7, 11) is -0.446. The third-order valence-electron chi connectivity index (χ3n) is 7.44. The van der Waals surface area contributed by atoms with Crippen LogP contribution in [-0.2, 0) is 10.1 Å². The van der Waals surface area contributed by atoms with Crippen molar-refractivity contribution in [1.82, 2.24) is 10.2 Å². The first-order valence-corrected chi connectivity index (χ1v) is 16.4. The van der Waals surface area contributed by atoms with Gasteiger partial charge in [0.15, 0.2) is 11.0 Å². The lowest BCUT2D eigenvalue weighted by Gasteiger charge is -2.36. The van der Waals surface area contributed by atoms with E-state index in [1.807, 2.05) is 48.5 Å². The summed E-state index contributed by atoms with van der Waals surface area (Å²) in [6.07, 6.45) is 1.52. The number of nitrogens with zero attached hydrogens (tertiary/aromatic N) is 2. The highest BCUT2D eigenvalue weighted by Crippen LogP contribution is 2.30. The van der Waals surface area contributed by atoms with Gasteiger partial charge < -0.3 is 24.1 Å². The minimum Gasteiger partial charge on any atom is -0.497 e. The normalized spacial score (nSPS) is 13.6. The van der Waals surface area contributed by atoms with Gasteiger partial charge in [-0.05, 0) is 44.2 Å². The molecule has 0 aliphatic carbocycles. The Morgan fingerprint density at radius 1 is 0.978 bits per heavy atom. The topological polar surface area (TPSA) is 139 Å². The molecule has 1 saturated heterocycles. The van der Waals surface area contributed by atoms with Crippen LogP contribution < -0.4 is 25.1 Å². The summed E-state index contributed by atoms with van der Waals surface area (Å²) in [6.45, 7) is 6.86. The van der Waals surface area contributed by atoms with Crippen molar-refractivity contribution in [2.75, 3.05) is 64.6 Å². The zero-order chi connectivity index (χ0) is 32.6. The highest BCUT2D eigenvalue weighted by molar-refractivity contribution is 7.85. The van der Waals surface area contributed by atoms with Crippen molar-refractivity contribution in [3.05, 3.63) is 88.1 Å². The van der Waals surface area contributed by atoms with E-state index in [1.165, 1.54) is 7.11 Å². The van der Waals surface area contributed by atoms with Crippen molar-refractivity contribution in [2.45, 2.75) is 13.3 Å². The Morgan fingerprint density at radius 2 is 1.62 bits per heavy atom. The Hall–Kier alpha value is -4.39. The fourth-order valence-corrected chi connectivity index (χ4v) is 5.22. The molecule has 0 bridgehead atoms. The Labute approximate surface area is 263 Å². The van der Waals surface area contributed by atoms with E-state index in [1.54, 1.807) is 26.2 Å². The van der Waals surface area contributed by atoms with Crippen LogP contribution in [0.5, 0.6) is 11.5 Å². The molecule has 11 nitrogen and oxygen atoms in total. The molecule has 4 aromatic rings. The van der Waals surface area contributed by atoms with Gasteiger partial charge >= 0.3 is 0 Å². The number of carbonyl (C=O) groups excluding carboxylic acids is 1. The van der Waals surface area contributed by atoms with Crippen LogP contribution in [0.1, 0.15) is 22.3 Å². The van der Waals surface area contributed by atoms with Crippen molar-refractivity contribution in [2.24, 2.45) is 0 Å². The van der Waals surface area contributed by atoms with Gasteiger partial charge in [0.1, 0.15) is 17.3 Å². The van der Waals surface area contributed by atoms with E-state index in [9.17, 15) is 18.0 Å². The summed E-state index contributed by atoms with van der Waals surface area (Å²) in [5, 5.41) is 3.34. The number of hydrogen-bond donors (Lipinski definition) is 2. The van der Waals surface area contributed by atoms with E-state index >= 15 is 0 Å². The van der Waals surface area contributed by atoms with Crippen molar-refractivity contribution in [3.63, 3.8) is 0 Å². The Bertz CT molecular complexity index is 1780. The van der Waals surface area contributed by atoms with Crippen LogP contribution in [0.15, 0.2) is 75.9 Å². The predicted octanol–water partition coefficient (Wildman–Crippen LogP) is 4.23. The maximum Gasteiger partial charge on any atom is 0.261 e. The van der Waals surface area contributed by atoms with Crippen LogP contribution in [0.3, 0.4) is 0 Å². The first-order chi connectivity index (χ1) is 21.5. The lowest BCUT2D eigenvalue weighted by Crippen LogP contribution is -2.47. The van der Waals surface area contributed by atoms with Crippen LogP contribution in [0.4, 0.5) is 5.69 Å². The third kappa shape index (κ3) is 8.84. The Kier molecular flexibility index (Phi) is 11.2. The second-order valence-corrected chi connectivity index (χ2v) is 12.1. The number of methoxy groups -OCH3 is 2. The number of para-hydroxylation sites is 2. The van der Waals surface area contributed by atoms with E-state index in [2.05, 4.69) is 21.2 Å². The molecule has 240 valence electrons. The maximum absolute atomic E-state index is 13.3. The van der Waals surface area contributed by atoms with Gasteiger partial charge in [0.2, 0.25) is 0 Å². The lowest BCUT2D eigenvalue weighted by molar-refractivity contribution is 0.0951. The van der Waals surface area contributed by atoms with Crippen LogP contribution in [0, 0.1) is 6.92 Å². The number of ether oxygens (including phenoxy) is 2. The molecular formula is C33H39N3O8S. The highest BCUT2D eigenvalue weighted by atomic mass is 32.2. The van der Waals surface area contributed by atoms with Crippen molar-refractivity contribution >= 4 is 32.7 Å². The van der Waals surface area contributed by atoms with Gasteiger partial charge in [0.25, 0.3) is 16.0 Å². The average molecular weight is 638 g/mol.